The zero-order valence-corrected chi connectivity index (χ0v) is 11.3. The van der Waals surface area contributed by atoms with Crippen molar-refractivity contribution in [1.29, 1.82) is 0 Å². The van der Waals surface area contributed by atoms with Gasteiger partial charge in [0.25, 0.3) is 5.91 Å². The summed E-state index contributed by atoms with van der Waals surface area (Å²) < 4.78 is 0. The van der Waals surface area contributed by atoms with Crippen LogP contribution in [0.3, 0.4) is 0 Å². The maximum Gasteiger partial charge on any atom is 0.257 e. The van der Waals surface area contributed by atoms with Crippen LogP contribution in [-0.2, 0) is 6.54 Å². The Hall–Kier alpha value is -1.52. The number of halogens is 1. The van der Waals surface area contributed by atoms with Crippen molar-refractivity contribution in [3.63, 3.8) is 0 Å². The zero-order chi connectivity index (χ0) is 13.1. The fraction of sp³-hybridized carbons (Fsp3) is 0.154. The molecule has 1 aromatic heterocycles. The van der Waals surface area contributed by atoms with E-state index in [4.69, 9.17) is 11.6 Å². The molecule has 0 bridgehead atoms. The number of amides is 1. The van der Waals surface area contributed by atoms with E-state index in [1.54, 1.807) is 29.4 Å². The number of aromatic hydroxyl groups is 1. The Bertz CT molecular complexity index is 554. The van der Waals surface area contributed by atoms with Gasteiger partial charge in [-0.1, -0.05) is 17.7 Å². The largest absolute Gasteiger partial charge is 0.507 e. The number of benzene rings is 1. The molecule has 0 radical (unpaired) electrons. The molecule has 94 valence electrons. The molecule has 1 amide bonds. The van der Waals surface area contributed by atoms with Crippen LogP contribution in [0, 0.1) is 0 Å². The molecule has 0 unspecified atom stereocenters. The lowest BCUT2D eigenvalue weighted by Crippen LogP contribution is -2.25. The third-order valence-electron chi connectivity index (χ3n) is 2.51. The maximum absolute atomic E-state index is 12.2. The fourth-order valence-corrected chi connectivity index (χ4v) is 2.52. The Morgan fingerprint density at radius 1 is 1.44 bits per heavy atom. The summed E-state index contributed by atoms with van der Waals surface area (Å²) in [4.78, 5) is 14.8. The second-order valence-corrected chi connectivity index (χ2v) is 5.37. The first-order valence-electron chi connectivity index (χ1n) is 5.34. The summed E-state index contributed by atoms with van der Waals surface area (Å²) in [6.07, 6.45) is 0. The number of carbonyl (C=O) groups excluding carboxylic acids is 1. The maximum atomic E-state index is 12.2. The van der Waals surface area contributed by atoms with Gasteiger partial charge >= 0.3 is 0 Å². The summed E-state index contributed by atoms with van der Waals surface area (Å²) in [5.74, 6) is -0.300. The van der Waals surface area contributed by atoms with Crippen LogP contribution in [0.5, 0.6) is 5.75 Å². The van der Waals surface area contributed by atoms with Gasteiger partial charge in [-0.15, -0.1) is 11.3 Å². The highest BCUT2D eigenvalue weighted by Crippen LogP contribution is 2.23. The topological polar surface area (TPSA) is 40.5 Å². The van der Waals surface area contributed by atoms with Crippen molar-refractivity contribution in [3.8, 4) is 5.75 Å². The van der Waals surface area contributed by atoms with Gasteiger partial charge < -0.3 is 10.0 Å². The lowest BCUT2D eigenvalue weighted by Gasteiger charge is -2.17. The first kappa shape index (κ1) is 12.9. The smallest absolute Gasteiger partial charge is 0.257 e. The molecule has 18 heavy (non-hydrogen) atoms. The van der Waals surface area contributed by atoms with E-state index in [9.17, 15) is 9.90 Å². The molecule has 2 aromatic rings. The number of phenols is 1. The van der Waals surface area contributed by atoms with Crippen molar-refractivity contribution in [2.75, 3.05) is 7.05 Å². The highest BCUT2D eigenvalue weighted by atomic mass is 35.5. The molecule has 0 saturated heterocycles. The second kappa shape index (κ2) is 5.42. The fourth-order valence-electron chi connectivity index (χ4n) is 1.59. The van der Waals surface area contributed by atoms with Crippen molar-refractivity contribution in [1.82, 2.24) is 4.90 Å². The summed E-state index contributed by atoms with van der Waals surface area (Å²) in [6, 6.07) is 8.35. The molecule has 0 aliphatic carbocycles. The van der Waals surface area contributed by atoms with E-state index in [1.165, 1.54) is 12.1 Å². The van der Waals surface area contributed by atoms with E-state index < -0.39 is 0 Å². The highest BCUT2D eigenvalue weighted by Gasteiger charge is 2.16. The summed E-state index contributed by atoms with van der Waals surface area (Å²) >= 11 is 7.42. The third kappa shape index (κ3) is 2.83. The molecule has 0 atom stereocenters. The van der Waals surface area contributed by atoms with Crippen molar-refractivity contribution in [2.24, 2.45) is 0 Å². The predicted octanol–water partition coefficient (Wildman–Crippen LogP) is 3.38. The van der Waals surface area contributed by atoms with Crippen LogP contribution in [0.4, 0.5) is 0 Å². The van der Waals surface area contributed by atoms with Gasteiger partial charge in [-0.25, -0.2) is 0 Å². The molecule has 1 heterocycles. The van der Waals surface area contributed by atoms with E-state index in [0.717, 1.165) is 4.88 Å². The van der Waals surface area contributed by atoms with Gasteiger partial charge in [-0.3, -0.25) is 4.79 Å². The molecule has 2 rings (SSSR count). The summed E-state index contributed by atoms with van der Waals surface area (Å²) in [7, 11) is 1.70. The number of thiophene rings is 1. The van der Waals surface area contributed by atoms with Crippen LogP contribution in [0.2, 0.25) is 5.02 Å². The minimum atomic E-state index is -0.247. The molecule has 5 heteroatoms. The second-order valence-electron chi connectivity index (χ2n) is 3.90. The predicted molar refractivity (Wildman–Crippen MR) is 73.2 cm³/mol. The van der Waals surface area contributed by atoms with Crippen LogP contribution in [0.15, 0.2) is 35.7 Å². The molecule has 1 aromatic carbocycles. The van der Waals surface area contributed by atoms with Gasteiger partial charge in [0.15, 0.2) is 0 Å². The first-order chi connectivity index (χ1) is 8.58. The number of hydrogen-bond acceptors (Lipinski definition) is 3. The van der Waals surface area contributed by atoms with E-state index in [1.807, 2.05) is 17.5 Å². The van der Waals surface area contributed by atoms with Gasteiger partial charge in [0.1, 0.15) is 5.75 Å². The monoisotopic (exact) mass is 281 g/mol. The molecule has 0 aliphatic heterocycles. The van der Waals surface area contributed by atoms with Crippen LogP contribution >= 0.6 is 22.9 Å². The molecular weight excluding hydrogens is 270 g/mol. The summed E-state index contributed by atoms with van der Waals surface area (Å²) in [5.41, 5.74) is 0.224. The Balaban J connectivity index is 2.17. The summed E-state index contributed by atoms with van der Waals surface area (Å²) in [5, 5.41) is 12.1. The van der Waals surface area contributed by atoms with Gasteiger partial charge in [-0.05, 0) is 29.6 Å². The molecule has 0 aliphatic rings. The number of hydrogen-bond donors (Lipinski definition) is 1. The number of rotatable bonds is 3. The van der Waals surface area contributed by atoms with E-state index in [2.05, 4.69) is 0 Å². The summed E-state index contributed by atoms with van der Waals surface area (Å²) in [6.45, 7) is 0.516. The van der Waals surface area contributed by atoms with E-state index >= 15 is 0 Å². The minimum absolute atomic E-state index is 0.0533. The Kier molecular flexibility index (Phi) is 3.89. The number of phenolic OH excluding ortho intramolecular Hbond substituents is 1. The molecule has 1 N–H and O–H groups in total. The number of carbonyl (C=O) groups is 1. The van der Waals surface area contributed by atoms with Crippen LogP contribution < -0.4 is 0 Å². The zero-order valence-electron chi connectivity index (χ0n) is 9.76. The van der Waals surface area contributed by atoms with Crippen molar-refractivity contribution >= 4 is 28.8 Å². The minimum Gasteiger partial charge on any atom is -0.507 e. The van der Waals surface area contributed by atoms with E-state index in [0.29, 0.717) is 11.6 Å². The van der Waals surface area contributed by atoms with Crippen molar-refractivity contribution < 1.29 is 9.90 Å². The van der Waals surface area contributed by atoms with Gasteiger partial charge in [0.2, 0.25) is 0 Å². The quantitative estimate of drug-likeness (QED) is 0.937. The lowest BCUT2D eigenvalue weighted by molar-refractivity contribution is 0.0783. The highest BCUT2D eigenvalue weighted by molar-refractivity contribution is 7.09. The molecule has 0 fully saturated rings. The SMILES string of the molecule is CN(Cc1cccs1)C(=O)c1cc(Cl)ccc1O. The standard InChI is InChI=1S/C13H12ClNO2S/c1-15(8-10-3-2-6-18-10)13(17)11-7-9(14)4-5-12(11)16/h2-7,16H,8H2,1H3. The lowest BCUT2D eigenvalue weighted by atomic mass is 10.2. The van der Waals surface area contributed by atoms with Gasteiger partial charge in [0, 0.05) is 16.9 Å². The van der Waals surface area contributed by atoms with Crippen LogP contribution in [0.25, 0.3) is 0 Å². The van der Waals surface area contributed by atoms with E-state index in [-0.39, 0.29) is 17.2 Å². The van der Waals surface area contributed by atoms with Crippen LogP contribution in [-0.4, -0.2) is 23.0 Å². The Labute approximate surface area is 114 Å². The Morgan fingerprint density at radius 2 is 2.22 bits per heavy atom. The normalized spacial score (nSPS) is 10.3. The van der Waals surface area contributed by atoms with Crippen molar-refractivity contribution in [2.45, 2.75) is 6.54 Å². The third-order valence-corrected chi connectivity index (χ3v) is 3.61. The molecule has 0 spiro atoms. The van der Waals surface area contributed by atoms with Crippen LogP contribution in [0.1, 0.15) is 15.2 Å². The number of nitrogens with zero attached hydrogens (tertiary/aromatic N) is 1. The Morgan fingerprint density at radius 3 is 2.89 bits per heavy atom. The average Bonchev–Trinajstić information content (AvgIpc) is 2.84. The van der Waals surface area contributed by atoms with Crippen molar-refractivity contribution in [3.05, 3.63) is 51.2 Å². The molecule has 0 saturated carbocycles. The first-order valence-corrected chi connectivity index (χ1v) is 6.60. The van der Waals surface area contributed by atoms with Gasteiger partial charge in [-0.2, -0.15) is 0 Å². The molecular formula is C13H12ClNO2S. The molecule has 3 nitrogen and oxygen atoms in total. The average molecular weight is 282 g/mol. The van der Waals surface area contributed by atoms with Gasteiger partial charge in [0.05, 0.1) is 12.1 Å².